The van der Waals surface area contributed by atoms with Gasteiger partial charge in [0.05, 0.1) is 5.69 Å². The molecular weight excluding hydrogens is 267 g/mol. The monoisotopic (exact) mass is 284 g/mol. The number of rotatable bonds is 2. The maximum atomic E-state index is 14.0. The van der Waals surface area contributed by atoms with Crippen molar-refractivity contribution in [3.05, 3.63) is 46.9 Å². The zero-order chi connectivity index (χ0) is 15.0. The normalized spacial score (nSPS) is 13.9. The fraction of sp³-hybridized carbons (Fsp3) is 0.250. The molecule has 0 radical (unpaired) electrons. The number of halogens is 1. The molecule has 0 aliphatic carbocycles. The van der Waals surface area contributed by atoms with Crippen LogP contribution in [0.1, 0.15) is 23.7 Å². The van der Waals surface area contributed by atoms with Gasteiger partial charge in [-0.25, -0.2) is 9.37 Å². The van der Waals surface area contributed by atoms with Crippen molar-refractivity contribution in [1.29, 1.82) is 0 Å². The highest BCUT2D eigenvalue weighted by Crippen LogP contribution is 2.33. The summed E-state index contributed by atoms with van der Waals surface area (Å²) in [5.41, 5.74) is 9.01. The van der Waals surface area contributed by atoms with Gasteiger partial charge in [-0.3, -0.25) is 0 Å². The standard InChI is InChI=1S/C16H17FN4/c1-3-21-9-11(12-6-4-5-7-14(12)17)8-13-10(2)19-16(18)20-15(13)21/h4-8H,3,9H2,1-2H3,(H2,18,19,20). The van der Waals surface area contributed by atoms with E-state index in [9.17, 15) is 4.39 Å². The number of fused-ring (bicyclic) bond motifs is 1. The van der Waals surface area contributed by atoms with E-state index in [4.69, 9.17) is 5.73 Å². The summed E-state index contributed by atoms with van der Waals surface area (Å²) in [5.74, 6) is 0.882. The Kier molecular flexibility index (Phi) is 3.33. The van der Waals surface area contributed by atoms with Crippen LogP contribution in [-0.4, -0.2) is 23.1 Å². The topological polar surface area (TPSA) is 55.0 Å². The highest BCUT2D eigenvalue weighted by molar-refractivity contribution is 5.91. The van der Waals surface area contributed by atoms with Crippen molar-refractivity contribution >= 4 is 23.4 Å². The second-order valence-corrected chi connectivity index (χ2v) is 5.07. The van der Waals surface area contributed by atoms with E-state index in [0.717, 1.165) is 29.2 Å². The molecule has 1 aromatic heterocycles. The number of hydrogen-bond donors (Lipinski definition) is 1. The Bertz CT molecular complexity index is 724. The third-order valence-corrected chi connectivity index (χ3v) is 3.71. The van der Waals surface area contributed by atoms with Gasteiger partial charge in [0.1, 0.15) is 11.6 Å². The van der Waals surface area contributed by atoms with Gasteiger partial charge in [-0.05, 0) is 31.6 Å². The van der Waals surface area contributed by atoms with Crippen molar-refractivity contribution in [3.8, 4) is 0 Å². The first-order valence-electron chi connectivity index (χ1n) is 6.94. The molecule has 21 heavy (non-hydrogen) atoms. The number of benzene rings is 1. The average molecular weight is 284 g/mol. The summed E-state index contributed by atoms with van der Waals surface area (Å²) in [4.78, 5) is 10.6. The van der Waals surface area contributed by atoms with E-state index in [1.165, 1.54) is 6.07 Å². The first kappa shape index (κ1) is 13.5. The number of hydrogen-bond acceptors (Lipinski definition) is 4. The van der Waals surface area contributed by atoms with Gasteiger partial charge in [-0.15, -0.1) is 0 Å². The molecule has 108 valence electrons. The fourth-order valence-corrected chi connectivity index (χ4v) is 2.64. The lowest BCUT2D eigenvalue weighted by atomic mass is 9.98. The van der Waals surface area contributed by atoms with Crippen LogP contribution in [0.2, 0.25) is 0 Å². The zero-order valence-electron chi connectivity index (χ0n) is 12.1. The minimum absolute atomic E-state index is 0.211. The molecule has 0 saturated carbocycles. The summed E-state index contributed by atoms with van der Waals surface area (Å²) in [6.07, 6.45) is 1.97. The van der Waals surface area contributed by atoms with Crippen molar-refractivity contribution in [2.45, 2.75) is 13.8 Å². The van der Waals surface area contributed by atoms with Crippen molar-refractivity contribution in [2.75, 3.05) is 23.7 Å². The predicted octanol–water partition coefficient (Wildman–Crippen LogP) is 2.89. The Morgan fingerprint density at radius 1 is 1.29 bits per heavy atom. The van der Waals surface area contributed by atoms with Crippen LogP contribution in [0.4, 0.5) is 16.2 Å². The molecule has 2 N–H and O–H groups in total. The van der Waals surface area contributed by atoms with Crippen LogP contribution in [0.3, 0.4) is 0 Å². The Hall–Kier alpha value is -2.43. The molecule has 3 rings (SSSR count). The van der Waals surface area contributed by atoms with E-state index in [2.05, 4.69) is 14.9 Å². The highest BCUT2D eigenvalue weighted by Gasteiger charge is 2.23. The largest absolute Gasteiger partial charge is 0.368 e. The lowest BCUT2D eigenvalue weighted by molar-refractivity contribution is 0.623. The van der Waals surface area contributed by atoms with E-state index in [1.807, 2.05) is 26.0 Å². The summed E-state index contributed by atoms with van der Waals surface area (Å²) in [7, 11) is 0. The Balaban J connectivity index is 2.17. The molecule has 0 unspecified atom stereocenters. The highest BCUT2D eigenvalue weighted by atomic mass is 19.1. The van der Waals surface area contributed by atoms with Crippen molar-refractivity contribution in [2.24, 2.45) is 0 Å². The van der Waals surface area contributed by atoms with Crippen molar-refractivity contribution < 1.29 is 4.39 Å². The number of anilines is 2. The van der Waals surface area contributed by atoms with E-state index >= 15 is 0 Å². The molecule has 5 heteroatoms. The molecule has 1 aromatic carbocycles. The van der Waals surface area contributed by atoms with Crippen LogP contribution >= 0.6 is 0 Å². The number of aromatic nitrogens is 2. The third kappa shape index (κ3) is 2.35. The molecule has 0 spiro atoms. The number of nitrogen functional groups attached to an aromatic ring is 1. The van der Waals surface area contributed by atoms with Gasteiger partial charge in [0, 0.05) is 24.2 Å². The first-order chi connectivity index (χ1) is 10.1. The number of nitrogens with two attached hydrogens (primary N) is 1. The molecule has 2 aromatic rings. The average Bonchev–Trinajstić information content (AvgIpc) is 2.47. The summed E-state index contributed by atoms with van der Waals surface area (Å²) >= 11 is 0. The van der Waals surface area contributed by atoms with Crippen molar-refractivity contribution in [1.82, 2.24) is 9.97 Å². The summed E-state index contributed by atoms with van der Waals surface area (Å²) in [6, 6.07) is 6.82. The van der Waals surface area contributed by atoms with Gasteiger partial charge in [-0.2, -0.15) is 4.98 Å². The minimum Gasteiger partial charge on any atom is -0.368 e. The SMILES string of the molecule is CCN1CC(c2ccccc2F)=Cc2c(C)nc(N)nc21. The van der Waals surface area contributed by atoms with E-state index in [1.54, 1.807) is 12.1 Å². The Morgan fingerprint density at radius 3 is 2.76 bits per heavy atom. The van der Waals surface area contributed by atoms with Gasteiger partial charge >= 0.3 is 0 Å². The van der Waals surface area contributed by atoms with Gasteiger partial charge in [-0.1, -0.05) is 18.2 Å². The minimum atomic E-state index is -0.211. The molecule has 0 saturated heterocycles. The molecule has 0 fully saturated rings. The Labute approximate surface area is 123 Å². The number of aryl methyl sites for hydroxylation is 1. The van der Waals surface area contributed by atoms with E-state index in [-0.39, 0.29) is 11.8 Å². The molecule has 1 aliphatic rings. The third-order valence-electron chi connectivity index (χ3n) is 3.71. The summed E-state index contributed by atoms with van der Waals surface area (Å²) in [6.45, 7) is 5.32. The van der Waals surface area contributed by atoms with Crippen molar-refractivity contribution in [3.63, 3.8) is 0 Å². The van der Waals surface area contributed by atoms with Crippen LogP contribution < -0.4 is 10.6 Å². The van der Waals surface area contributed by atoms with Crippen LogP contribution in [0.5, 0.6) is 0 Å². The maximum Gasteiger partial charge on any atom is 0.222 e. The van der Waals surface area contributed by atoms with Gasteiger partial charge in [0.2, 0.25) is 5.95 Å². The van der Waals surface area contributed by atoms with E-state index in [0.29, 0.717) is 12.1 Å². The van der Waals surface area contributed by atoms with Crippen LogP contribution in [0, 0.1) is 12.7 Å². The lowest BCUT2D eigenvalue weighted by Gasteiger charge is -2.30. The van der Waals surface area contributed by atoms with E-state index < -0.39 is 0 Å². The number of likely N-dealkylation sites (N-methyl/N-ethyl adjacent to an activating group) is 1. The van der Waals surface area contributed by atoms with Gasteiger partial charge in [0.15, 0.2) is 0 Å². The summed E-state index contributed by atoms with van der Waals surface area (Å²) in [5, 5.41) is 0. The quantitative estimate of drug-likeness (QED) is 0.921. The van der Waals surface area contributed by atoms with Crippen LogP contribution in [0.15, 0.2) is 24.3 Å². The fourth-order valence-electron chi connectivity index (χ4n) is 2.64. The zero-order valence-corrected chi connectivity index (χ0v) is 12.1. The second kappa shape index (κ2) is 5.16. The smallest absolute Gasteiger partial charge is 0.222 e. The molecule has 0 amide bonds. The van der Waals surface area contributed by atoms with Crippen LogP contribution in [-0.2, 0) is 0 Å². The summed E-state index contributed by atoms with van der Waals surface area (Å²) < 4.78 is 14.0. The predicted molar refractivity (Wildman–Crippen MR) is 83.3 cm³/mol. The molecule has 0 bridgehead atoms. The molecule has 0 atom stereocenters. The Morgan fingerprint density at radius 2 is 2.05 bits per heavy atom. The lowest BCUT2D eigenvalue weighted by Crippen LogP contribution is -2.30. The molecule has 4 nitrogen and oxygen atoms in total. The molecular formula is C16H17FN4. The second-order valence-electron chi connectivity index (χ2n) is 5.07. The number of nitrogens with zero attached hydrogens (tertiary/aromatic N) is 3. The first-order valence-corrected chi connectivity index (χ1v) is 6.94. The van der Waals surface area contributed by atoms with Gasteiger partial charge in [0.25, 0.3) is 0 Å². The maximum absolute atomic E-state index is 14.0. The molecule has 1 aliphatic heterocycles. The molecule has 2 heterocycles. The van der Waals surface area contributed by atoms with Crippen LogP contribution in [0.25, 0.3) is 11.6 Å². The van der Waals surface area contributed by atoms with Gasteiger partial charge < -0.3 is 10.6 Å².